The first-order valence-electron chi connectivity index (χ1n) is 35.1. The van der Waals surface area contributed by atoms with Gasteiger partial charge in [-0.05, 0) is 49.3 Å². The van der Waals surface area contributed by atoms with Crippen LogP contribution < -0.4 is 85.7 Å². The number of allylic oxidation sites excluding steroid dienone is 3. The Balaban J connectivity index is 0.000000399. The van der Waals surface area contributed by atoms with Gasteiger partial charge in [0, 0.05) is 73.7 Å². The molecule has 0 unspecified atom stereocenters. The maximum Gasteiger partial charge on any atom is 1.00 e. The Morgan fingerprint density at radius 3 is 1.26 bits per heavy atom. The van der Waals surface area contributed by atoms with Crippen molar-refractivity contribution in [3.63, 3.8) is 0 Å². The van der Waals surface area contributed by atoms with E-state index in [2.05, 4.69) is 41.6 Å². The number of methoxy groups -OCH3 is 1. The van der Waals surface area contributed by atoms with Crippen molar-refractivity contribution >= 4 is 64.7 Å². The van der Waals surface area contributed by atoms with Gasteiger partial charge < -0.3 is 100.0 Å². The number of anilines is 3. The molecule has 582 valence electrons. The van der Waals surface area contributed by atoms with Crippen LogP contribution in [0.5, 0.6) is 0 Å². The van der Waals surface area contributed by atoms with Crippen LogP contribution in [0.15, 0.2) is 127 Å². The number of aliphatic carboxylic acids is 2. The summed E-state index contributed by atoms with van der Waals surface area (Å²) in [5.74, 6) is -9.48. The summed E-state index contributed by atoms with van der Waals surface area (Å²) in [4.78, 5) is 97.5. The molecule has 0 saturated carbocycles. The predicted octanol–water partition coefficient (Wildman–Crippen LogP) is -3.88. The molecule has 37 heteroatoms. The number of nitrogens with zero attached hydrogens (tertiary/aromatic N) is 9. The number of carboxylic acid groups (broad SMARTS) is 2. The number of carbonyl (C=O) groups is 8. The van der Waals surface area contributed by atoms with Crippen LogP contribution in [0.2, 0.25) is 0 Å². The van der Waals surface area contributed by atoms with Gasteiger partial charge in [-0.2, -0.15) is 0 Å². The Hall–Kier alpha value is -8.98. The van der Waals surface area contributed by atoms with Crippen molar-refractivity contribution in [2.75, 3.05) is 43.3 Å². The molecule has 0 spiro atoms. The molecule has 0 radical (unpaired) electrons. The summed E-state index contributed by atoms with van der Waals surface area (Å²) in [6.07, 6.45) is 4.11. The smallest absolute Gasteiger partial charge is 0.542 e. The number of ether oxygens (including phenoxy) is 7. The second kappa shape index (κ2) is 43.0. The summed E-state index contributed by atoms with van der Waals surface area (Å²) in [6.45, 7) is 6.68. The zero-order valence-corrected chi connectivity index (χ0v) is 66.5. The van der Waals surface area contributed by atoms with Crippen LogP contribution in [-0.4, -0.2) is 205 Å². The number of carbonyl (C=O) groups excluding carboxylic acids is 8. The Morgan fingerprint density at radius 1 is 0.518 bits per heavy atom. The van der Waals surface area contributed by atoms with Crippen molar-refractivity contribution in [2.24, 2.45) is 17.8 Å². The monoisotopic (exact) mass is 1550 g/mol. The molecule has 3 aliphatic heterocycles. The number of aliphatic hydroxyl groups is 6. The number of aromatic nitrogens is 9. The van der Waals surface area contributed by atoms with E-state index in [0.29, 0.717) is 76.5 Å². The van der Waals surface area contributed by atoms with Crippen LogP contribution in [0.4, 0.5) is 17.1 Å². The second-order valence-electron chi connectivity index (χ2n) is 26.3. The van der Waals surface area contributed by atoms with Crippen molar-refractivity contribution in [2.45, 2.75) is 179 Å². The van der Waals surface area contributed by atoms with E-state index in [0.717, 1.165) is 45.4 Å². The largest absolute Gasteiger partial charge is 1.00 e. The quantitative estimate of drug-likeness (QED) is 0.00613. The number of nitrogens with two attached hydrogens (primary N) is 1. The summed E-state index contributed by atoms with van der Waals surface area (Å²) in [5.41, 5.74) is 10.7. The van der Waals surface area contributed by atoms with E-state index in [1.165, 1.54) is 53.2 Å². The van der Waals surface area contributed by atoms with Gasteiger partial charge in [0.15, 0.2) is 12.2 Å². The molecule has 3 aromatic carbocycles. The fourth-order valence-corrected chi connectivity index (χ4v) is 12.8. The van der Waals surface area contributed by atoms with Crippen LogP contribution in [0, 0.1) is 17.8 Å². The molecule has 10 N–H and O–H groups in total. The summed E-state index contributed by atoms with van der Waals surface area (Å²) in [5, 5.41) is 115. The summed E-state index contributed by atoms with van der Waals surface area (Å²) < 4.78 is 41.9. The summed E-state index contributed by atoms with van der Waals surface area (Å²) >= 11 is 0. The van der Waals surface area contributed by atoms with Gasteiger partial charge in [-0.1, -0.05) is 130 Å². The first-order chi connectivity index (χ1) is 51.6. The Labute approximate surface area is 677 Å². The number of nitrogen functional groups attached to an aromatic ring is 1. The molecule has 6 aromatic rings. The molecule has 2 amide bonds. The zero-order valence-electron chi connectivity index (χ0n) is 62.5. The number of aliphatic hydroxyl groups excluding tert-OH is 6. The molecule has 6 heterocycles. The van der Waals surface area contributed by atoms with E-state index in [-0.39, 0.29) is 76.7 Å². The standard InChI is InChI=1S/C48H62N8O14.C25H30N4O9.2Na/c1-27-35(21-39(47(65)66)69-45(27)43(63)37(59)25-57)55-23-33(51-53-55)29-15-11-13-17-31(29)49-41(61)19-9-7-5-3-4-6-8-10-20-42(62)50-32-18-14-12-16-30(32)34-24-56(54-52-34)36-22-40(48(67)68)70-46(28(36)2)44(64)38(60)26-58;1-13-20(29-11-19(27-28-29)17-8-6-7-9-18(17)26)10-21(25(33)34-5)38-23(13)24(37-16(4)32)22(36-15(3)31)12-35-14(2)30;;/h11-18,21-24,27-28,35-38,43-46,57-60,63-64H,3-10,19-20,25-26H2,1-2H3,(H,49,61)(H,50,62)(H,65,66)(H,67,68);6-11,13,20,22-24H,12,26H2,1-5H3;;/q;;2*+1/p-2/t27-,28-,35+,36+,37-,38-,43-,44-,45-,46-;13-,20+,22-,23-,24-;;/m11../s1. The molecule has 0 saturated heterocycles. The molecule has 3 aromatic heterocycles. The SMILES string of the molecule is COC(=O)C1=C[C@H](n2cc(-c3ccccc3N)nn2)[C@@H](C)[C@H]([C@H](OC(C)=O)[C@@H](COC(C)=O)OC(C)=O)O1.C[C@H]1[C@H]([C@H](O)[C@H](O)CO)OC(C(=O)[O-])=C[C@@H]1n1cc(-c2ccccc2NC(=O)CCCCCCCCCCC(=O)Nc2ccccc2-c2cn([C@H]3C=C(C(=O)[O-])O[C@@H]([C@H](O)[C@H](O)CO)[C@@H]3C)nn2)nn1.[Na+].[Na+]. The van der Waals surface area contributed by atoms with E-state index < -0.39 is 158 Å². The van der Waals surface area contributed by atoms with Crippen LogP contribution in [0.3, 0.4) is 0 Å². The van der Waals surface area contributed by atoms with E-state index >= 15 is 0 Å². The number of benzene rings is 3. The van der Waals surface area contributed by atoms with Crippen molar-refractivity contribution < 1.29 is 171 Å². The van der Waals surface area contributed by atoms with Gasteiger partial charge in [0.25, 0.3) is 0 Å². The van der Waals surface area contributed by atoms with Gasteiger partial charge in [0.2, 0.25) is 17.6 Å². The third kappa shape index (κ3) is 24.0. The normalized spacial score (nSPS) is 20.8. The van der Waals surface area contributed by atoms with Crippen LogP contribution >= 0.6 is 0 Å². The Morgan fingerprint density at radius 2 is 0.882 bits per heavy atom. The Kier molecular flexibility index (Phi) is 35.1. The minimum absolute atomic E-state index is 0. The molecule has 0 aliphatic carbocycles. The maximum absolute atomic E-state index is 13.0. The number of hydrogen-bond donors (Lipinski definition) is 9. The molecule has 15 atom stereocenters. The fraction of sp³-hybridized carbons (Fsp3) is 0.479. The Bertz CT molecular complexity index is 4040. The maximum atomic E-state index is 13.0. The number of carboxylic acids is 2. The van der Waals surface area contributed by atoms with Gasteiger partial charge in [-0.3, -0.25) is 24.0 Å². The summed E-state index contributed by atoms with van der Waals surface area (Å²) in [7, 11) is 1.19. The zero-order chi connectivity index (χ0) is 78.5. The molecule has 35 nitrogen and oxygen atoms in total. The molecule has 0 bridgehead atoms. The third-order valence-corrected chi connectivity index (χ3v) is 18.5. The predicted molar refractivity (Wildman–Crippen MR) is 376 cm³/mol. The van der Waals surface area contributed by atoms with Gasteiger partial charge in [0.05, 0.1) is 68.4 Å². The molecule has 9 rings (SSSR count). The van der Waals surface area contributed by atoms with Crippen LogP contribution in [0.1, 0.15) is 124 Å². The van der Waals surface area contributed by atoms with Gasteiger partial charge in [-0.15, -0.1) is 15.3 Å². The number of rotatable bonds is 34. The third-order valence-electron chi connectivity index (χ3n) is 18.5. The van der Waals surface area contributed by atoms with E-state index in [4.69, 9.17) is 38.9 Å². The first kappa shape index (κ1) is 89.9. The first-order valence-corrected chi connectivity index (χ1v) is 35.1. The molecular weight excluding hydrogens is 1460 g/mol. The number of para-hydroxylation sites is 3. The topological polar surface area (TPSA) is 511 Å². The van der Waals surface area contributed by atoms with Gasteiger partial charge >= 0.3 is 83.0 Å². The number of nitrogens with one attached hydrogen (secondary N) is 2. The average molecular weight is 1550 g/mol. The minimum atomic E-state index is -1.62. The second-order valence-corrected chi connectivity index (χ2v) is 26.3. The van der Waals surface area contributed by atoms with Crippen molar-refractivity contribution in [1.82, 2.24) is 45.0 Å². The van der Waals surface area contributed by atoms with Gasteiger partial charge in [-0.25, -0.2) is 18.8 Å². The van der Waals surface area contributed by atoms with E-state index in [1.54, 1.807) is 106 Å². The molecule has 0 fully saturated rings. The summed E-state index contributed by atoms with van der Waals surface area (Å²) in [6, 6.07) is 19.1. The van der Waals surface area contributed by atoms with Crippen LogP contribution in [-0.2, 0) is 71.5 Å². The van der Waals surface area contributed by atoms with Gasteiger partial charge in [0.1, 0.15) is 89.9 Å². The molecular formula is C73H90N12Na2O23. The molecule has 110 heavy (non-hydrogen) atoms. The van der Waals surface area contributed by atoms with Crippen molar-refractivity contribution in [3.8, 4) is 33.8 Å². The fourth-order valence-electron chi connectivity index (χ4n) is 12.8. The van der Waals surface area contributed by atoms with Crippen molar-refractivity contribution in [1.29, 1.82) is 0 Å². The van der Waals surface area contributed by atoms with Crippen LogP contribution in [0.25, 0.3) is 33.8 Å². The number of esters is 4. The van der Waals surface area contributed by atoms with E-state index in [9.17, 15) is 79.2 Å². The average Bonchev–Trinajstić information content (AvgIpc) is 1.43. The van der Waals surface area contributed by atoms with Crippen molar-refractivity contribution in [3.05, 3.63) is 127 Å². The number of amides is 2. The number of hydrogen-bond acceptors (Lipinski definition) is 30. The number of unbranched alkanes of at least 4 members (excludes halogenated alkanes) is 7. The molecule has 3 aliphatic rings. The minimum Gasteiger partial charge on any atom is -0.542 e. The van der Waals surface area contributed by atoms with E-state index in [1.807, 2.05) is 6.07 Å².